The molecule has 7 aromatic rings. The molecule has 0 bridgehead atoms. The normalized spacial score (nSPS) is 14.3. The van der Waals surface area contributed by atoms with Crippen LogP contribution in [0.15, 0.2) is 146 Å². The summed E-state index contributed by atoms with van der Waals surface area (Å²) in [6, 6.07) is 54.6. The number of nitrogens with zero attached hydrogens (tertiary/aromatic N) is 2. The minimum absolute atomic E-state index is 0.217. The summed E-state index contributed by atoms with van der Waals surface area (Å²) in [5, 5.41) is 0. The van der Waals surface area contributed by atoms with Gasteiger partial charge in [-0.25, -0.2) is 0 Å². The molecule has 0 N–H and O–H groups in total. The fourth-order valence-corrected chi connectivity index (χ4v) is 10.1. The Morgan fingerprint density at radius 3 is 1.03 bits per heavy atom. The third-order valence-electron chi connectivity index (χ3n) is 13.2. The van der Waals surface area contributed by atoms with Gasteiger partial charge < -0.3 is 9.80 Å². The first-order chi connectivity index (χ1) is 27.8. The van der Waals surface area contributed by atoms with Crippen LogP contribution in [0.1, 0.15) is 112 Å². The molecule has 2 aliphatic carbocycles. The third-order valence-corrected chi connectivity index (χ3v) is 13.2. The van der Waals surface area contributed by atoms with Gasteiger partial charge in [0.2, 0.25) is 0 Å². The molecule has 7 aromatic carbocycles. The van der Waals surface area contributed by atoms with Gasteiger partial charge in [-0.3, -0.25) is 0 Å². The van der Waals surface area contributed by atoms with Gasteiger partial charge in [-0.05, 0) is 165 Å². The van der Waals surface area contributed by atoms with Crippen LogP contribution >= 0.6 is 0 Å². The highest BCUT2D eigenvalue weighted by Gasteiger charge is 2.47. The van der Waals surface area contributed by atoms with Gasteiger partial charge in [0.15, 0.2) is 0 Å². The summed E-state index contributed by atoms with van der Waals surface area (Å²) < 4.78 is 0. The van der Waals surface area contributed by atoms with Gasteiger partial charge in [0.25, 0.3) is 0 Å². The molecule has 0 saturated carbocycles. The van der Waals surface area contributed by atoms with Crippen molar-refractivity contribution in [3.05, 3.63) is 190 Å². The Morgan fingerprint density at radius 1 is 0.379 bits per heavy atom. The quantitative estimate of drug-likeness (QED) is 0.152. The molecule has 2 aliphatic rings. The number of hydrogen-bond acceptors (Lipinski definition) is 2. The minimum Gasteiger partial charge on any atom is -0.310 e. The lowest BCUT2D eigenvalue weighted by atomic mass is 9.72. The Balaban J connectivity index is 1.18. The van der Waals surface area contributed by atoms with Crippen LogP contribution in [-0.4, -0.2) is 0 Å². The van der Waals surface area contributed by atoms with Gasteiger partial charge in [0.1, 0.15) is 0 Å². The van der Waals surface area contributed by atoms with Crippen LogP contribution in [0.2, 0.25) is 0 Å². The Hall–Kier alpha value is -5.86. The first kappa shape index (κ1) is 37.7. The molecule has 0 unspecified atom stereocenters. The van der Waals surface area contributed by atoms with E-state index in [2.05, 4.69) is 225 Å². The zero-order valence-electron chi connectivity index (χ0n) is 35.9. The molecule has 0 heterocycles. The monoisotopic (exact) mass is 756 g/mol. The summed E-state index contributed by atoms with van der Waals surface area (Å²) in [7, 11) is 0. The van der Waals surface area contributed by atoms with E-state index in [0.29, 0.717) is 11.8 Å². The van der Waals surface area contributed by atoms with E-state index in [1.807, 2.05) is 0 Å². The molecular formula is C56H56N2. The van der Waals surface area contributed by atoms with Crippen LogP contribution in [0.3, 0.4) is 0 Å². The topological polar surface area (TPSA) is 6.48 Å². The van der Waals surface area contributed by atoms with E-state index in [9.17, 15) is 0 Å². The zero-order valence-corrected chi connectivity index (χ0v) is 35.9. The maximum absolute atomic E-state index is 2.48. The SMILES string of the molecule is Cc1cc(N(c2ccccc2)c2ccc(C(C)C)cc2)cc2c1-c1ccc3c(c1C2(C)C)C(C)(C)c1cc(N(c2ccccc2)c2ccc(C(C)C)cc2)cc(C)c1-3. The second-order valence-electron chi connectivity index (χ2n) is 18.4. The first-order valence-corrected chi connectivity index (χ1v) is 21.2. The van der Waals surface area contributed by atoms with Crippen LogP contribution < -0.4 is 9.80 Å². The van der Waals surface area contributed by atoms with E-state index < -0.39 is 0 Å². The largest absolute Gasteiger partial charge is 0.310 e. The number of benzene rings is 7. The molecule has 0 atom stereocenters. The highest BCUT2D eigenvalue weighted by atomic mass is 15.1. The van der Waals surface area contributed by atoms with Crippen molar-refractivity contribution in [1.29, 1.82) is 0 Å². The van der Waals surface area contributed by atoms with Crippen molar-refractivity contribution in [3.8, 4) is 22.3 Å². The number of rotatable bonds is 8. The number of hydrogen-bond donors (Lipinski definition) is 0. The summed E-state index contributed by atoms with van der Waals surface area (Å²) in [5.41, 5.74) is 23.2. The van der Waals surface area contributed by atoms with E-state index in [4.69, 9.17) is 0 Å². The molecule has 0 radical (unpaired) electrons. The summed E-state index contributed by atoms with van der Waals surface area (Å²) >= 11 is 0. The molecule has 0 amide bonds. The van der Waals surface area contributed by atoms with Crippen molar-refractivity contribution in [2.45, 2.75) is 91.9 Å². The fraction of sp³-hybridized carbons (Fsp3) is 0.250. The van der Waals surface area contributed by atoms with Crippen molar-refractivity contribution in [2.75, 3.05) is 9.80 Å². The van der Waals surface area contributed by atoms with Gasteiger partial charge >= 0.3 is 0 Å². The molecule has 0 aromatic heterocycles. The van der Waals surface area contributed by atoms with Crippen LogP contribution in [0.25, 0.3) is 22.3 Å². The predicted molar refractivity (Wildman–Crippen MR) is 249 cm³/mol. The molecule has 9 rings (SSSR count). The third kappa shape index (κ3) is 5.91. The molecule has 2 nitrogen and oxygen atoms in total. The lowest BCUT2D eigenvalue weighted by Gasteiger charge is -2.32. The van der Waals surface area contributed by atoms with Crippen molar-refractivity contribution in [2.24, 2.45) is 0 Å². The Kier molecular flexibility index (Phi) is 9.04. The number of anilines is 6. The molecule has 0 fully saturated rings. The standard InChI is InChI=1S/C56H56N2/c1-35(2)39-21-25-43(26-22-39)57(41-17-13-11-14-18-41)45-31-37(5)51-47-29-30-48-52-38(6)32-46(34-50(52)56(9,10)54(48)53(47)55(7,8)49(51)33-45)58(42-19-15-12-16-20-42)44-27-23-40(24-28-44)36(3)4/h11-36H,1-10H3. The van der Waals surface area contributed by atoms with Gasteiger partial charge in [-0.2, -0.15) is 0 Å². The minimum atomic E-state index is -0.217. The molecule has 290 valence electrons. The van der Waals surface area contributed by atoms with Gasteiger partial charge in [0.05, 0.1) is 0 Å². The number of para-hydroxylation sites is 2. The van der Waals surface area contributed by atoms with Gasteiger partial charge in [0, 0.05) is 45.0 Å². The average Bonchev–Trinajstić information content (AvgIpc) is 3.59. The summed E-state index contributed by atoms with van der Waals surface area (Å²) in [6.45, 7) is 23.5. The fourth-order valence-electron chi connectivity index (χ4n) is 10.1. The number of aryl methyl sites for hydroxylation is 2. The van der Waals surface area contributed by atoms with Crippen molar-refractivity contribution < 1.29 is 0 Å². The van der Waals surface area contributed by atoms with Gasteiger partial charge in [-0.15, -0.1) is 0 Å². The highest BCUT2D eigenvalue weighted by Crippen LogP contribution is 2.61. The van der Waals surface area contributed by atoms with Gasteiger partial charge in [-0.1, -0.05) is 128 Å². The predicted octanol–water partition coefficient (Wildman–Crippen LogP) is 16.1. The lowest BCUT2D eigenvalue weighted by Crippen LogP contribution is -2.24. The first-order valence-electron chi connectivity index (χ1n) is 21.2. The number of fused-ring (bicyclic) bond motifs is 7. The Labute approximate surface area is 346 Å². The summed E-state index contributed by atoms with van der Waals surface area (Å²) in [5.74, 6) is 0.969. The molecule has 0 spiro atoms. The second kappa shape index (κ2) is 13.9. The molecule has 58 heavy (non-hydrogen) atoms. The summed E-state index contributed by atoms with van der Waals surface area (Å²) in [6.07, 6.45) is 0. The van der Waals surface area contributed by atoms with Crippen LogP contribution in [-0.2, 0) is 10.8 Å². The smallest absolute Gasteiger partial charge is 0.0467 e. The van der Waals surface area contributed by atoms with Crippen LogP contribution in [0, 0.1) is 13.8 Å². The molecule has 0 aliphatic heterocycles. The average molecular weight is 757 g/mol. The zero-order chi connectivity index (χ0) is 40.7. The molecule has 0 saturated heterocycles. The second-order valence-corrected chi connectivity index (χ2v) is 18.4. The van der Waals surface area contributed by atoms with E-state index in [0.717, 1.165) is 11.4 Å². The summed E-state index contributed by atoms with van der Waals surface area (Å²) in [4.78, 5) is 4.86. The maximum atomic E-state index is 2.48. The van der Waals surface area contributed by atoms with Crippen molar-refractivity contribution in [3.63, 3.8) is 0 Å². The highest BCUT2D eigenvalue weighted by molar-refractivity contribution is 5.95. The van der Waals surface area contributed by atoms with Crippen molar-refractivity contribution >= 4 is 34.1 Å². The molecular weight excluding hydrogens is 701 g/mol. The van der Waals surface area contributed by atoms with Crippen molar-refractivity contribution in [1.82, 2.24) is 0 Å². The van der Waals surface area contributed by atoms with E-state index >= 15 is 0 Å². The Bertz CT molecular complexity index is 2480. The van der Waals surface area contributed by atoms with E-state index in [-0.39, 0.29) is 10.8 Å². The van der Waals surface area contributed by atoms with E-state index in [1.54, 1.807) is 0 Å². The Morgan fingerprint density at radius 2 is 0.707 bits per heavy atom. The lowest BCUT2D eigenvalue weighted by molar-refractivity contribution is 0.601. The van der Waals surface area contributed by atoms with Crippen LogP contribution in [0.5, 0.6) is 0 Å². The van der Waals surface area contributed by atoms with E-state index in [1.165, 1.54) is 89.5 Å². The molecule has 2 heteroatoms. The maximum Gasteiger partial charge on any atom is 0.0467 e. The van der Waals surface area contributed by atoms with Crippen LogP contribution in [0.4, 0.5) is 34.1 Å².